The number of nitrogens with one attached hydrogen (secondary N) is 1. The fourth-order valence-electron chi connectivity index (χ4n) is 4.27. The second kappa shape index (κ2) is 7.78. The van der Waals surface area contributed by atoms with Crippen LogP contribution in [0.25, 0.3) is 11.3 Å². The van der Waals surface area contributed by atoms with Gasteiger partial charge >= 0.3 is 12.1 Å². The molecule has 1 aliphatic carbocycles. The quantitative estimate of drug-likeness (QED) is 0.758. The summed E-state index contributed by atoms with van der Waals surface area (Å²) in [5.74, 6) is 0.212. The highest BCUT2D eigenvalue weighted by Crippen LogP contribution is 2.42. The molecule has 2 heterocycles. The van der Waals surface area contributed by atoms with E-state index < -0.39 is 11.6 Å². The molecular weight excluding hydrogens is 382 g/mol. The van der Waals surface area contributed by atoms with E-state index in [1.165, 1.54) is 5.56 Å². The number of aromatic nitrogens is 2. The molecule has 1 saturated heterocycles. The van der Waals surface area contributed by atoms with Crippen LogP contribution >= 0.6 is 0 Å². The summed E-state index contributed by atoms with van der Waals surface area (Å²) in [6.45, 7) is 6.28. The molecule has 1 atom stereocenters. The Labute approximate surface area is 176 Å². The summed E-state index contributed by atoms with van der Waals surface area (Å²) in [4.78, 5) is 33.2. The van der Waals surface area contributed by atoms with Gasteiger partial charge in [0.2, 0.25) is 0 Å². The summed E-state index contributed by atoms with van der Waals surface area (Å²) >= 11 is 0. The molecule has 1 aliphatic heterocycles. The van der Waals surface area contributed by atoms with Gasteiger partial charge in [-0.3, -0.25) is 9.69 Å². The number of imidazole rings is 1. The Hall–Kier alpha value is -2.83. The third-order valence-electron chi connectivity index (χ3n) is 5.97. The van der Waals surface area contributed by atoms with Crippen LogP contribution in [0.15, 0.2) is 30.5 Å². The minimum atomic E-state index is -0.694. The molecule has 0 spiro atoms. The highest BCUT2D eigenvalue weighted by atomic mass is 16.6. The lowest BCUT2D eigenvalue weighted by Crippen LogP contribution is -2.36. The van der Waals surface area contributed by atoms with Gasteiger partial charge in [-0.2, -0.15) is 0 Å². The van der Waals surface area contributed by atoms with E-state index in [0.717, 1.165) is 29.9 Å². The van der Waals surface area contributed by atoms with Crippen LogP contribution in [0.4, 0.5) is 4.79 Å². The van der Waals surface area contributed by atoms with Crippen LogP contribution in [0.2, 0.25) is 0 Å². The van der Waals surface area contributed by atoms with E-state index in [2.05, 4.69) is 22.1 Å². The van der Waals surface area contributed by atoms with E-state index >= 15 is 0 Å². The largest absolute Gasteiger partial charge is 0.481 e. The molecule has 1 amide bonds. The Morgan fingerprint density at radius 3 is 2.53 bits per heavy atom. The standard InChI is InChI=1S/C23H29N3O4/c1-23(2,3)30-22(29)26-10-4-5-19(26)20-24-13-18(25-20)15-8-6-14(7-9-15)16-11-17(12-16)21(27)28/h6-9,13,16-17,19H,4-5,10-12H2,1-3H3,(H,24,25)(H,27,28). The zero-order valence-corrected chi connectivity index (χ0v) is 17.7. The van der Waals surface area contributed by atoms with Crippen molar-refractivity contribution in [3.63, 3.8) is 0 Å². The number of carbonyl (C=O) groups excluding carboxylic acids is 1. The van der Waals surface area contributed by atoms with Crippen molar-refractivity contribution >= 4 is 12.1 Å². The smallest absolute Gasteiger partial charge is 0.410 e. The number of hydrogen-bond acceptors (Lipinski definition) is 4. The van der Waals surface area contributed by atoms with Gasteiger partial charge in [0.1, 0.15) is 11.4 Å². The van der Waals surface area contributed by atoms with Crippen LogP contribution in [0.1, 0.15) is 69.8 Å². The number of aromatic amines is 1. The van der Waals surface area contributed by atoms with Crippen LogP contribution in [-0.2, 0) is 9.53 Å². The monoisotopic (exact) mass is 411 g/mol. The first kappa shape index (κ1) is 20.4. The van der Waals surface area contributed by atoms with Crippen molar-refractivity contribution in [2.75, 3.05) is 6.54 Å². The molecule has 7 heteroatoms. The predicted molar refractivity (Wildman–Crippen MR) is 112 cm³/mol. The average molecular weight is 412 g/mol. The number of amides is 1. The topological polar surface area (TPSA) is 95.5 Å². The van der Waals surface area contributed by atoms with E-state index in [1.807, 2.05) is 32.9 Å². The maximum Gasteiger partial charge on any atom is 0.410 e. The molecule has 7 nitrogen and oxygen atoms in total. The van der Waals surface area contributed by atoms with Crippen LogP contribution in [0, 0.1) is 5.92 Å². The number of nitrogens with zero attached hydrogens (tertiary/aromatic N) is 2. The van der Waals surface area contributed by atoms with Gasteiger partial charge in [0.05, 0.1) is 23.9 Å². The van der Waals surface area contributed by atoms with Crippen LogP contribution in [0.3, 0.4) is 0 Å². The summed E-state index contributed by atoms with van der Waals surface area (Å²) in [5.41, 5.74) is 2.59. The second-order valence-electron chi connectivity index (χ2n) is 9.34. The highest BCUT2D eigenvalue weighted by Gasteiger charge is 2.36. The predicted octanol–water partition coefficient (Wildman–Crippen LogP) is 4.73. The number of carboxylic acids is 1. The number of H-pyrrole nitrogens is 1. The van der Waals surface area contributed by atoms with Gasteiger partial charge in [-0.15, -0.1) is 0 Å². The molecule has 1 aromatic heterocycles. The number of rotatable bonds is 4. The van der Waals surface area contributed by atoms with Crippen molar-refractivity contribution in [3.05, 3.63) is 41.9 Å². The van der Waals surface area contributed by atoms with Crippen molar-refractivity contribution in [2.45, 2.75) is 64.0 Å². The molecule has 0 bridgehead atoms. The minimum absolute atomic E-state index is 0.101. The summed E-state index contributed by atoms with van der Waals surface area (Å²) in [5, 5.41) is 9.05. The Morgan fingerprint density at radius 1 is 1.20 bits per heavy atom. The lowest BCUT2D eigenvalue weighted by molar-refractivity contribution is -0.145. The third kappa shape index (κ3) is 4.20. The van der Waals surface area contributed by atoms with Crippen LogP contribution < -0.4 is 0 Å². The van der Waals surface area contributed by atoms with E-state index in [0.29, 0.717) is 25.3 Å². The Morgan fingerprint density at radius 2 is 1.90 bits per heavy atom. The molecule has 2 N–H and O–H groups in total. The molecule has 160 valence electrons. The molecule has 2 fully saturated rings. The number of carbonyl (C=O) groups is 2. The van der Waals surface area contributed by atoms with E-state index in [1.54, 1.807) is 11.1 Å². The Kier molecular flexibility index (Phi) is 5.30. The number of aliphatic carboxylic acids is 1. The minimum Gasteiger partial charge on any atom is -0.481 e. The third-order valence-corrected chi connectivity index (χ3v) is 5.97. The normalized spacial score (nSPS) is 23.8. The summed E-state index contributed by atoms with van der Waals surface area (Å²) in [6, 6.07) is 8.13. The molecule has 1 saturated carbocycles. The SMILES string of the molecule is CC(C)(C)OC(=O)N1CCCC1c1ncc(-c2ccc(C3CC(C(=O)O)C3)cc2)[nH]1. The van der Waals surface area contributed by atoms with Gasteiger partial charge in [0.15, 0.2) is 0 Å². The number of ether oxygens (including phenoxy) is 1. The Bertz CT molecular complexity index is 923. The summed E-state index contributed by atoms with van der Waals surface area (Å²) in [7, 11) is 0. The number of hydrogen-bond donors (Lipinski definition) is 2. The lowest BCUT2D eigenvalue weighted by Gasteiger charge is -2.32. The zero-order chi connectivity index (χ0) is 21.5. The van der Waals surface area contributed by atoms with Crippen molar-refractivity contribution in [1.82, 2.24) is 14.9 Å². The molecule has 4 rings (SSSR count). The lowest BCUT2D eigenvalue weighted by atomic mass is 9.71. The van der Waals surface area contributed by atoms with Crippen molar-refractivity contribution in [2.24, 2.45) is 5.92 Å². The molecular formula is C23H29N3O4. The first-order valence-electron chi connectivity index (χ1n) is 10.6. The molecule has 30 heavy (non-hydrogen) atoms. The van der Waals surface area contributed by atoms with E-state index in [9.17, 15) is 9.59 Å². The molecule has 1 unspecified atom stereocenters. The van der Waals surface area contributed by atoms with E-state index in [4.69, 9.17) is 9.84 Å². The number of likely N-dealkylation sites (tertiary alicyclic amines) is 1. The number of benzene rings is 1. The zero-order valence-electron chi connectivity index (χ0n) is 17.7. The average Bonchev–Trinajstić information content (AvgIpc) is 3.28. The van der Waals surface area contributed by atoms with Gasteiger partial charge < -0.3 is 14.8 Å². The molecule has 2 aliphatic rings. The van der Waals surface area contributed by atoms with E-state index in [-0.39, 0.29) is 18.1 Å². The summed E-state index contributed by atoms with van der Waals surface area (Å²) in [6.07, 6.45) is 4.72. The second-order valence-corrected chi connectivity index (χ2v) is 9.34. The maximum atomic E-state index is 12.5. The molecule has 0 radical (unpaired) electrons. The van der Waals surface area contributed by atoms with Gasteiger partial charge in [0, 0.05) is 6.54 Å². The number of carboxylic acid groups (broad SMARTS) is 1. The molecule has 2 aromatic rings. The maximum absolute atomic E-state index is 12.5. The fourth-order valence-corrected chi connectivity index (χ4v) is 4.27. The van der Waals surface area contributed by atoms with Gasteiger partial charge in [-0.1, -0.05) is 24.3 Å². The van der Waals surface area contributed by atoms with Gasteiger partial charge in [0.25, 0.3) is 0 Å². The van der Waals surface area contributed by atoms with Crippen molar-refractivity contribution < 1.29 is 19.4 Å². The van der Waals surface area contributed by atoms with Gasteiger partial charge in [-0.25, -0.2) is 9.78 Å². The highest BCUT2D eigenvalue weighted by molar-refractivity contribution is 5.71. The molecule has 1 aromatic carbocycles. The summed E-state index contributed by atoms with van der Waals surface area (Å²) < 4.78 is 5.55. The first-order chi connectivity index (χ1) is 14.2. The van der Waals surface area contributed by atoms with Crippen LogP contribution in [-0.4, -0.2) is 44.2 Å². The Balaban J connectivity index is 1.44. The van der Waals surface area contributed by atoms with Crippen molar-refractivity contribution in [3.8, 4) is 11.3 Å². The first-order valence-corrected chi connectivity index (χ1v) is 10.6. The van der Waals surface area contributed by atoms with Crippen molar-refractivity contribution in [1.29, 1.82) is 0 Å². The van der Waals surface area contributed by atoms with Gasteiger partial charge in [-0.05, 0) is 63.5 Å². The van der Waals surface area contributed by atoms with Crippen LogP contribution in [0.5, 0.6) is 0 Å². The fraction of sp³-hybridized carbons (Fsp3) is 0.522.